The third-order valence-electron chi connectivity index (χ3n) is 6.14. The molecule has 44 heavy (non-hydrogen) atoms. The number of benzene rings is 2. The Kier molecular flexibility index (Phi) is 26.8. The van der Waals surface area contributed by atoms with Crippen molar-refractivity contribution in [2.75, 3.05) is 26.7 Å². The number of alkyl halides is 1. The number of carbonyl (C=O) groups is 2. The number of rotatable bonds is 13. The molecule has 252 valence electrons. The summed E-state index contributed by atoms with van der Waals surface area (Å²) in [5.74, 6) is -0.241. The smallest absolute Gasteiger partial charge is 0.469 e. The Bertz CT molecular complexity index is 981. The van der Waals surface area contributed by atoms with Gasteiger partial charge in [0.25, 0.3) is 0 Å². The van der Waals surface area contributed by atoms with E-state index < -0.39 is 7.25 Å². The average molecular weight is 730 g/mol. The van der Waals surface area contributed by atoms with Crippen LogP contribution < -0.4 is 0 Å². The SMILES string of the molecule is COC(=O)CCCC(Br)c1ccccc1.COC(=O)CCCC(c1ccccc1)[S+](C)C(C)C.CSC(C)C.F[B-](F)(F)F. The zero-order valence-electron chi connectivity index (χ0n) is 27.2. The van der Waals surface area contributed by atoms with Gasteiger partial charge in [-0.25, -0.2) is 0 Å². The average Bonchev–Trinajstić information content (AvgIpc) is 2.99. The maximum Gasteiger partial charge on any atom is 0.673 e. The number of hydrogen-bond acceptors (Lipinski definition) is 5. The van der Waals surface area contributed by atoms with E-state index in [4.69, 9.17) is 4.74 Å². The van der Waals surface area contributed by atoms with Crippen molar-refractivity contribution >= 4 is 57.8 Å². The van der Waals surface area contributed by atoms with Crippen LogP contribution in [-0.2, 0) is 30.0 Å². The van der Waals surface area contributed by atoms with Crippen molar-refractivity contribution in [2.45, 2.75) is 86.8 Å². The summed E-state index contributed by atoms with van der Waals surface area (Å²) in [6.45, 7) is 8.92. The van der Waals surface area contributed by atoms with Crippen LogP contribution in [-0.4, -0.2) is 56.4 Å². The normalized spacial score (nSPS) is 12.7. The quantitative estimate of drug-likeness (QED) is 0.0676. The van der Waals surface area contributed by atoms with Crippen molar-refractivity contribution in [3.8, 4) is 0 Å². The molecule has 0 amide bonds. The Hall–Kier alpha value is -1.66. The molecule has 0 aliphatic heterocycles. The maximum atomic E-state index is 11.2. The van der Waals surface area contributed by atoms with Gasteiger partial charge in [-0.1, -0.05) is 90.4 Å². The largest absolute Gasteiger partial charge is 0.673 e. The Labute approximate surface area is 278 Å². The third kappa shape index (κ3) is 26.7. The number of methoxy groups -OCH3 is 2. The minimum atomic E-state index is -6.00. The van der Waals surface area contributed by atoms with E-state index in [1.165, 1.54) is 25.3 Å². The molecule has 3 atom stereocenters. The van der Waals surface area contributed by atoms with Crippen molar-refractivity contribution in [3.05, 3.63) is 71.8 Å². The predicted molar refractivity (Wildman–Crippen MR) is 186 cm³/mol. The summed E-state index contributed by atoms with van der Waals surface area (Å²) in [6.07, 6.45) is 9.20. The highest BCUT2D eigenvalue weighted by molar-refractivity contribution is 9.09. The van der Waals surface area contributed by atoms with E-state index >= 15 is 0 Å². The summed E-state index contributed by atoms with van der Waals surface area (Å²) in [5.41, 5.74) is 2.65. The second-order valence-corrected chi connectivity index (χ2v) is 15.4. The molecule has 12 heteroatoms. The summed E-state index contributed by atoms with van der Waals surface area (Å²) in [5, 5.41) is 2.02. The van der Waals surface area contributed by atoms with Gasteiger partial charge < -0.3 is 26.7 Å². The van der Waals surface area contributed by atoms with E-state index in [0.29, 0.717) is 39.1 Å². The van der Waals surface area contributed by atoms with E-state index in [1.54, 1.807) is 0 Å². The second-order valence-electron chi connectivity index (χ2n) is 10.1. The topological polar surface area (TPSA) is 52.6 Å². The van der Waals surface area contributed by atoms with Gasteiger partial charge in [-0.3, -0.25) is 9.59 Å². The highest BCUT2D eigenvalue weighted by atomic mass is 79.9. The number of carbonyl (C=O) groups excluding carboxylic acids is 2. The highest BCUT2D eigenvalue weighted by Crippen LogP contribution is 2.31. The first-order valence-electron chi connectivity index (χ1n) is 14.5. The minimum absolute atomic E-state index is 0.104. The van der Waals surface area contributed by atoms with Crippen LogP contribution >= 0.6 is 27.7 Å². The lowest BCUT2D eigenvalue weighted by Gasteiger charge is -2.19. The van der Waals surface area contributed by atoms with Crippen LogP contribution in [0.3, 0.4) is 0 Å². The third-order valence-corrected chi connectivity index (χ3v) is 11.0. The molecule has 0 bridgehead atoms. The van der Waals surface area contributed by atoms with E-state index in [0.717, 1.165) is 30.9 Å². The van der Waals surface area contributed by atoms with Gasteiger partial charge in [0.1, 0.15) is 10.5 Å². The van der Waals surface area contributed by atoms with Crippen molar-refractivity contribution in [3.63, 3.8) is 0 Å². The number of halogens is 5. The Morgan fingerprint density at radius 1 is 0.795 bits per heavy atom. The Morgan fingerprint density at radius 3 is 1.50 bits per heavy atom. The lowest BCUT2D eigenvalue weighted by Crippen LogP contribution is -2.21. The number of esters is 2. The molecule has 2 aromatic rings. The van der Waals surface area contributed by atoms with Gasteiger partial charge in [-0.15, -0.1) is 0 Å². The molecule has 4 nitrogen and oxygen atoms in total. The molecular formula is C32H50BBrF4O4S2. The van der Waals surface area contributed by atoms with Crippen LogP contribution in [0.15, 0.2) is 60.7 Å². The Morgan fingerprint density at radius 2 is 1.16 bits per heavy atom. The summed E-state index contributed by atoms with van der Waals surface area (Å²) < 4.78 is 48.3. The molecule has 0 spiro atoms. The van der Waals surface area contributed by atoms with Gasteiger partial charge in [0, 0.05) is 23.2 Å². The molecule has 2 aromatic carbocycles. The van der Waals surface area contributed by atoms with Gasteiger partial charge in [0.2, 0.25) is 0 Å². The van der Waals surface area contributed by atoms with Crippen molar-refractivity contribution in [2.24, 2.45) is 0 Å². The highest BCUT2D eigenvalue weighted by Gasteiger charge is 2.30. The van der Waals surface area contributed by atoms with E-state index in [1.807, 2.05) is 30.0 Å². The summed E-state index contributed by atoms with van der Waals surface area (Å²) >= 11 is 5.49. The van der Waals surface area contributed by atoms with Gasteiger partial charge >= 0.3 is 19.2 Å². The molecule has 0 aliphatic rings. The fourth-order valence-electron chi connectivity index (χ4n) is 3.45. The summed E-state index contributed by atoms with van der Waals surface area (Å²) in [6, 6.07) is 20.8. The molecule has 0 aliphatic carbocycles. The van der Waals surface area contributed by atoms with Crippen LogP contribution in [0.5, 0.6) is 0 Å². The first kappa shape index (κ1) is 44.5. The monoisotopic (exact) mass is 728 g/mol. The van der Waals surface area contributed by atoms with Crippen molar-refractivity contribution in [1.29, 1.82) is 0 Å². The van der Waals surface area contributed by atoms with Gasteiger partial charge in [-0.2, -0.15) is 11.8 Å². The maximum absolute atomic E-state index is 11.2. The van der Waals surface area contributed by atoms with Crippen molar-refractivity contribution in [1.82, 2.24) is 0 Å². The van der Waals surface area contributed by atoms with Crippen molar-refractivity contribution < 1.29 is 36.3 Å². The van der Waals surface area contributed by atoms with Gasteiger partial charge in [0.05, 0.1) is 20.5 Å². The summed E-state index contributed by atoms with van der Waals surface area (Å²) in [4.78, 5) is 22.4. The predicted octanol–water partition coefficient (Wildman–Crippen LogP) is 10.3. The molecule has 0 heterocycles. The minimum Gasteiger partial charge on any atom is -0.469 e. The molecule has 0 aromatic heterocycles. The van der Waals surface area contributed by atoms with E-state index in [-0.39, 0.29) is 11.9 Å². The fourth-order valence-corrected chi connectivity index (χ4v) is 5.86. The van der Waals surface area contributed by atoms with E-state index in [9.17, 15) is 26.9 Å². The second kappa shape index (κ2) is 26.6. The molecule has 0 N–H and O–H groups in total. The zero-order chi connectivity index (χ0) is 34.1. The van der Waals surface area contributed by atoms with Crippen LogP contribution in [0.4, 0.5) is 17.3 Å². The molecule has 3 unspecified atom stereocenters. The van der Waals surface area contributed by atoms with Crippen LogP contribution in [0.25, 0.3) is 0 Å². The molecule has 2 rings (SSSR count). The van der Waals surface area contributed by atoms with Gasteiger partial charge in [0.15, 0.2) is 0 Å². The standard InChI is InChI=1S/C16H25O2S.C12H15BrO2.C4H10S.BF4/c1-13(2)19(4)15(11-8-12-16(17)18-3)14-9-6-5-7-10-14;1-15-12(14)9-5-8-11(13)10-6-3-2-4-7-10;1-4(2)5-3;2-1(3,4)5/h5-7,9-10,13,15H,8,11-12H2,1-4H3;2-4,6-7,11H,5,8-9H2,1H3;4H,1-3H3;/q+1;;;-1. The zero-order valence-corrected chi connectivity index (χ0v) is 30.5. The number of thioether (sulfide) groups is 1. The van der Waals surface area contributed by atoms with E-state index in [2.05, 4.69) is 103 Å². The van der Waals surface area contributed by atoms with Crippen LogP contribution in [0, 0.1) is 0 Å². The number of hydrogen-bond donors (Lipinski definition) is 0. The summed E-state index contributed by atoms with van der Waals surface area (Å²) in [7, 11) is -2.80. The molecule has 0 saturated carbocycles. The molecule has 0 fully saturated rings. The van der Waals surface area contributed by atoms with Crippen LogP contribution in [0.1, 0.15) is 87.4 Å². The molecule has 0 radical (unpaired) electrons. The Balaban J connectivity index is 0. The fraction of sp³-hybridized carbons (Fsp3) is 0.562. The number of ether oxygens (including phenoxy) is 2. The van der Waals surface area contributed by atoms with Gasteiger partial charge in [-0.05, 0) is 67.5 Å². The molecule has 0 saturated heterocycles. The van der Waals surface area contributed by atoms with Crippen LogP contribution in [0.2, 0.25) is 0 Å². The molecular weight excluding hydrogens is 679 g/mol. The lowest BCUT2D eigenvalue weighted by molar-refractivity contribution is -0.141. The first-order chi connectivity index (χ1) is 20.6. The first-order valence-corrected chi connectivity index (χ1v) is 18.4. The lowest BCUT2D eigenvalue weighted by atomic mass is 10.1.